The summed E-state index contributed by atoms with van der Waals surface area (Å²) in [6.45, 7) is 13.7. The highest BCUT2D eigenvalue weighted by molar-refractivity contribution is 6.19. The maximum Gasteiger partial charge on any atom is 0.0717 e. The summed E-state index contributed by atoms with van der Waals surface area (Å²) in [6, 6.07) is 40.0. The van der Waals surface area contributed by atoms with E-state index >= 15 is 0 Å². The molecule has 0 N–H and O–H groups in total. The van der Waals surface area contributed by atoms with Crippen molar-refractivity contribution < 1.29 is 28.4 Å². The van der Waals surface area contributed by atoms with E-state index in [2.05, 4.69) is 132 Å². The highest BCUT2D eigenvalue weighted by Gasteiger charge is 2.37. The molecule has 0 amide bonds. The molecule has 2 aliphatic heterocycles. The van der Waals surface area contributed by atoms with Crippen LogP contribution in [-0.2, 0) is 41.6 Å². The van der Waals surface area contributed by atoms with E-state index in [4.69, 9.17) is 28.4 Å². The van der Waals surface area contributed by atoms with Crippen molar-refractivity contribution in [3.05, 3.63) is 120 Å². The van der Waals surface area contributed by atoms with Gasteiger partial charge in [0, 0.05) is 70.2 Å². The third kappa shape index (κ3) is 9.23. The predicted molar refractivity (Wildman–Crippen MR) is 251 cm³/mol. The number of nitrogens with zero attached hydrogens (tertiary/aromatic N) is 2. The third-order valence-corrected chi connectivity index (χ3v) is 13.5. The lowest BCUT2D eigenvalue weighted by Crippen LogP contribution is -2.45. The van der Waals surface area contributed by atoms with Crippen LogP contribution >= 0.6 is 0 Å². The first-order valence-electron chi connectivity index (χ1n) is 23.2. The standard InChI is InChI=1S/C54H64N2O6/c1-3-53(37-61-38-53)35-59-27-15-7-13-25-57-33-41-21-23-49-45(29-41)47-31-48-46-30-42(34-58-26-14-8-16-28-60-36-54(4-2)39-62-40-54)22-24-50(46)56(44-19-11-6-12-20-44)52(48)32-51(47)55(49)43-17-9-5-10-18-43/h5-6,9-12,17-24,29-32H,3-4,7-8,13-16,25-28,33-40H2,1-2H3. The van der Waals surface area contributed by atoms with Crippen molar-refractivity contribution >= 4 is 43.6 Å². The van der Waals surface area contributed by atoms with Crippen molar-refractivity contribution in [2.24, 2.45) is 10.8 Å². The number of unbranched alkanes of at least 4 members (excludes halogenated alkanes) is 4. The zero-order valence-corrected chi connectivity index (χ0v) is 36.9. The Morgan fingerprint density at radius 3 is 1.23 bits per heavy atom. The summed E-state index contributed by atoms with van der Waals surface area (Å²) in [6.07, 6.45) is 8.63. The molecule has 0 unspecified atom stereocenters. The molecule has 0 saturated carbocycles. The summed E-state index contributed by atoms with van der Waals surface area (Å²) >= 11 is 0. The Labute approximate surface area is 367 Å². The highest BCUT2D eigenvalue weighted by Crippen LogP contribution is 2.40. The summed E-state index contributed by atoms with van der Waals surface area (Å²) in [4.78, 5) is 0. The summed E-state index contributed by atoms with van der Waals surface area (Å²) in [7, 11) is 0. The fourth-order valence-electron chi connectivity index (χ4n) is 9.20. The third-order valence-electron chi connectivity index (χ3n) is 13.5. The molecule has 2 fully saturated rings. The Morgan fingerprint density at radius 1 is 0.435 bits per heavy atom. The molecule has 7 aromatic rings. The molecule has 4 heterocycles. The molecule has 0 atom stereocenters. The van der Waals surface area contributed by atoms with Gasteiger partial charge in [-0.05, 0) is 123 Å². The average Bonchev–Trinajstić information content (AvgIpc) is 3.77. The van der Waals surface area contributed by atoms with Crippen molar-refractivity contribution in [3.8, 4) is 11.4 Å². The second-order valence-corrected chi connectivity index (χ2v) is 18.0. The van der Waals surface area contributed by atoms with Crippen molar-refractivity contribution in [2.45, 2.75) is 78.4 Å². The number of para-hydroxylation sites is 2. The van der Waals surface area contributed by atoms with Crippen molar-refractivity contribution in [1.29, 1.82) is 0 Å². The first-order chi connectivity index (χ1) is 30.6. The lowest BCUT2D eigenvalue weighted by Gasteiger charge is -2.40. The van der Waals surface area contributed by atoms with Gasteiger partial charge in [-0.3, -0.25) is 0 Å². The van der Waals surface area contributed by atoms with Crippen LogP contribution in [0.5, 0.6) is 0 Å². The van der Waals surface area contributed by atoms with Crippen LogP contribution in [0.15, 0.2) is 109 Å². The predicted octanol–water partition coefficient (Wildman–Crippen LogP) is 12.1. The van der Waals surface area contributed by atoms with E-state index in [9.17, 15) is 0 Å². The van der Waals surface area contributed by atoms with Gasteiger partial charge in [-0.1, -0.05) is 62.4 Å². The zero-order chi connectivity index (χ0) is 42.2. The number of fused-ring (bicyclic) bond motifs is 6. The SMILES string of the molecule is CCC1(COCCCCCOCc2ccc3c(c2)c2cc4c5cc(COCCCCCOCC6(CC)COC6)ccc5n(-c5ccccc5)c4cc2n3-c2ccccc2)COC1. The van der Waals surface area contributed by atoms with Crippen molar-refractivity contribution in [2.75, 3.05) is 66.1 Å². The number of rotatable bonds is 24. The minimum Gasteiger partial charge on any atom is -0.381 e. The molecular formula is C54H64N2O6. The molecule has 62 heavy (non-hydrogen) atoms. The van der Waals surface area contributed by atoms with E-state index < -0.39 is 0 Å². The maximum atomic E-state index is 6.27. The van der Waals surface area contributed by atoms with Crippen molar-refractivity contribution in [3.63, 3.8) is 0 Å². The largest absolute Gasteiger partial charge is 0.381 e. The molecular weight excluding hydrogens is 773 g/mol. The molecule has 0 aliphatic carbocycles. The van der Waals surface area contributed by atoms with Gasteiger partial charge in [0.1, 0.15) is 0 Å². The monoisotopic (exact) mass is 836 g/mol. The topological polar surface area (TPSA) is 65.2 Å². The van der Waals surface area contributed by atoms with Crippen LogP contribution in [0, 0.1) is 10.8 Å². The van der Waals surface area contributed by atoms with E-state index in [0.717, 1.165) is 129 Å². The molecule has 8 nitrogen and oxygen atoms in total. The average molecular weight is 837 g/mol. The van der Waals surface area contributed by atoms with Gasteiger partial charge in [-0.2, -0.15) is 0 Å². The van der Waals surface area contributed by atoms with Crippen LogP contribution in [0.1, 0.15) is 76.3 Å². The Morgan fingerprint density at radius 2 is 0.839 bits per heavy atom. The quantitative estimate of drug-likeness (QED) is 0.0565. The van der Waals surface area contributed by atoms with E-state index in [1.807, 2.05) is 0 Å². The summed E-state index contributed by atoms with van der Waals surface area (Å²) in [5.41, 5.74) is 9.93. The molecule has 5 aromatic carbocycles. The number of benzene rings is 5. The molecule has 9 rings (SSSR count). The van der Waals surface area contributed by atoms with Gasteiger partial charge in [0.15, 0.2) is 0 Å². The van der Waals surface area contributed by atoms with Gasteiger partial charge in [0.25, 0.3) is 0 Å². The Balaban J connectivity index is 0.924. The van der Waals surface area contributed by atoms with Crippen LogP contribution in [0.4, 0.5) is 0 Å². The highest BCUT2D eigenvalue weighted by atomic mass is 16.5. The first-order valence-corrected chi connectivity index (χ1v) is 23.2. The van der Waals surface area contributed by atoms with Crippen molar-refractivity contribution in [1.82, 2.24) is 9.13 Å². The van der Waals surface area contributed by atoms with Crippen LogP contribution < -0.4 is 0 Å². The van der Waals surface area contributed by atoms with E-state index in [1.165, 1.54) is 54.7 Å². The van der Waals surface area contributed by atoms with E-state index in [-0.39, 0.29) is 10.8 Å². The van der Waals surface area contributed by atoms with Crippen LogP contribution in [0.3, 0.4) is 0 Å². The smallest absolute Gasteiger partial charge is 0.0717 e. The van der Waals surface area contributed by atoms with Crippen LogP contribution in [0.2, 0.25) is 0 Å². The fraction of sp³-hybridized carbons (Fsp3) is 0.444. The van der Waals surface area contributed by atoms with Gasteiger partial charge in [0.2, 0.25) is 0 Å². The molecule has 0 spiro atoms. The first kappa shape index (κ1) is 42.7. The van der Waals surface area contributed by atoms with Crippen LogP contribution in [0.25, 0.3) is 55.0 Å². The Kier molecular flexibility index (Phi) is 13.7. The molecule has 8 heteroatoms. The summed E-state index contributed by atoms with van der Waals surface area (Å²) in [5.74, 6) is 0. The number of hydrogen-bond donors (Lipinski definition) is 0. The van der Waals surface area contributed by atoms with Gasteiger partial charge in [-0.25, -0.2) is 0 Å². The maximum absolute atomic E-state index is 6.27. The zero-order valence-electron chi connectivity index (χ0n) is 36.9. The van der Waals surface area contributed by atoms with Gasteiger partial charge < -0.3 is 37.6 Å². The molecule has 326 valence electrons. The number of aromatic nitrogens is 2. The lowest BCUT2D eigenvalue weighted by atomic mass is 9.84. The van der Waals surface area contributed by atoms with Crippen LogP contribution in [-0.4, -0.2) is 75.2 Å². The number of ether oxygens (including phenoxy) is 6. The van der Waals surface area contributed by atoms with E-state index in [1.54, 1.807) is 0 Å². The molecule has 2 aliphatic rings. The normalized spacial score (nSPS) is 15.8. The second kappa shape index (κ2) is 19.9. The van der Waals surface area contributed by atoms with Gasteiger partial charge in [0.05, 0.1) is 74.9 Å². The minimum atomic E-state index is 0.254. The fourth-order valence-corrected chi connectivity index (χ4v) is 9.20. The number of hydrogen-bond acceptors (Lipinski definition) is 6. The molecule has 0 radical (unpaired) electrons. The summed E-state index contributed by atoms with van der Waals surface area (Å²) < 4.78 is 40.3. The second-order valence-electron chi connectivity index (χ2n) is 18.0. The molecule has 0 bridgehead atoms. The van der Waals surface area contributed by atoms with E-state index in [0.29, 0.717) is 13.2 Å². The Hall–Kier alpha value is -4.54. The molecule has 2 saturated heterocycles. The molecule has 2 aromatic heterocycles. The lowest BCUT2D eigenvalue weighted by molar-refractivity contribution is -0.150. The summed E-state index contributed by atoms with van der Waals surface area (Å²) in [5, 5.41) is 4.94. The van der Waals surface area contributed by atoms with Gasteiger partial charge in [-0.15, -0.1) is 0 Å². The minimum absolute atomic E-state index is 0.254. The van der Waals surface area contributed by atoms with Gasteiger partial charge >= 0.3 is 0 Å². The Bertz CT molecular complexity index is 2350.